The number of piperazine rings is 1. The van der Waals surface area contributed by atoms with Crippen LogP contribution in [-0.2, 0) is 15.0 Å². The number of rotatable bonds is 7. The second kappa shape index (κ2) is 10.3. The lowest BCUT2D eigenvalue weighted by Crippen LogP contribution is -2.55. The Labute approximate surface area is 179 Å². The van der Waals surface area contributed by atoms with E-state index in [-0.39, 0.29) is 18.5 Å². The first kappa shape index (κ1) is 22.6. The largest absolute Gasteiger partial charge is 0.325 e. The Hall–Kier alpha value is -1.13. The van der Waals surface area contributed by atoms with Crippen molar-refractivity contribution in [1.29, 1.82) is 0 Å². The molecule has 3 rings (SSSR count). The van der Waals surface area contributed by atoms with Gasteiger partial charge >= 0.3 is 0 Å². The Morgan fingerprint density at radius 2 is 1.86 bits per heavy atom. The highest BCUT2D eigenvalue weighted by molar-refractivity contribution is 7.98. The maximum Gasteiger partial charge on any atom is 0.282 e. The Bertz CT molecular complexity index is 789. The fraction of sp³-hybridized carbons (Fsp3) is 0.650. The van der Waals surface area contributed by atoms with Crippen LogP contribution in [0.1, 0.15) is 32.1 Å². The molecule has 1 saturated carbocycles. The number of thioether (sulfide) groups is 1. The van der Waals surface area contributed by atoms with E-state index in [4.69, 9.17) is 0 Å². The van der Waals surface area contributed by atoms with E-state index in [9.17, 15) is 13.2 Å². The van der Waals surface area contributed by atoms with Crippen LogP contribution in [0.15, 0.2) is 29.2 Å². The molecule has 2 aliphatic rings. The van der Waals surface area contributed by atoms with Crippen molar-refractivity contribution in [1.82, 2.24) is 13.5 Å². The minimum absolute atomic E-state index is 0.0705. The molecule has 1 heterocycles. The Balaban J connectivity index is 1.48. The standard InChI is InChI=1S/C20H32N4O3S2/c1-22(18-8-4-3-5-9-18)29(26,27)24-13-11-23(12-14-24)16-20(25)21-17-7-6-10-19(15-17)28-2/h6-7,10,15,18H,3-5,8-9,11-14,16H2,1-2H3,(H,21,25). The van der Waals surface area contributed by atoms with Gasteiger partial charge in [-0.1, -0.05) is 25.3 Å². The van der Waals surface area contributed by atoms with Gasteiger partial charge in [0.1, 0.15) is 0 Å². The second-order valence-electron chi connectivity index (χ2n) is 7.77. The number of nitrogens with zero attached hydrogens (tertiary/aromatic N) is 3. The van der Waals surface area contributed by atoms with E-state index >= 15 is 0 Å². The van der Waals surface area contributed by atoms with Crippen molar-refractivity contribution in [2.75, 3.05) is 51.3 Å². The predicted molar refractivity (Wildman–Crippen MR) is 118 cm³/mol. The molecule has 0 aromatic heterocycles. The lowest BCUT2D eigenvalue weighted by Gasteiger charge is -2.38. The van der Waals surface area contributed by atoms with Gasteiger partial charge in [-0.25, -0.2) is 0 Å². The first-order valence-corrected chi connectivity index (χ1v) is 12.9. The maximum absolute atomic E-state index is 13.0. The van der Waals surface area contributed by atoms with Crippen LogP contribution >= 0.6 is 11.8 Å². The van der Waals surface area contributed by atoms with Gasteiger partial charge in [0.2, 0.25) is 5.91 Å². The van der Waals surface area contributed by atoms with Crippen LogP contribution in [0.25, 0.3) is 0 Å². The van der Waals surface area contributed by atoms with Crippen LogP contribution in [0.2, 0.25) is 0 Å². The summed E-state index contributed by atoms with van der Waals surface area (Å²) in [6.45, 7) is 2.26. The van der Waals surface area contributed by atoms with Crippen molar-refractivity contribution in [3.63, 3.8) is 0 Å². The number of carbonyl (C=O) groups excluding carboxylic acids is 1. The van der Waals surface area contributed by atoms with E-state index < -0.39 is 10.2 Å². The van der Waals surface area contributed by atoms with Gasteiger partial charge in [-0.2, -0.15) is 17.0 Å². The lowest BCUT2D eigenvalue weighted by molar-refractivity contribution is -0.117. The molecule has 0 radical (unpaired) electrons. The Morgan fingerprint density at radius 3 is 2.52 bits per heavy atom. The number of amides is 1. The quantitative estimate of drug-likeness (QED) is 0.660. The SMILES string of the molecule is CSc1cccc(NC(=O)CN2CCN(S(=O)(=O)N(C)C3CCCCC3)CC2)c1. The number of hydrogen-bond donors (Lipinski definition) is 1. The third-order valence-electron chi connectivity index (χ3n) is 5.83. The molecule has 162 valence electrons. The highest BCUT2D eigenvalue weighted by Crippen LogP contribution is 2.25. The number of hydrogen-bond acceptors (Lipinski definition) is 5. The predicted octanol–water partition coefficient (Wildman–Crippen LogP) is 2.47. The van der Waals surface area contributed by atoms with E-state index in [1.807, 2.05) is 35.4 Å². The van der Waals surface area contributed by atoms with Crippen LogP contribution < -0.4 is 5.32 Å². The summed E-state index contributed by atoms with van der Waals surface area (Å²) in [6, 6.07) is 7.88. The molecule has 1 aromatic carbocycles. The molecule has 1 saturated heterocycles. The fourth-order valence-corrected chi connectivity index (χ4v) is 6.07. The fourth-order valence-electron chi connectivity index (χ4n) is 4.04. The van der Waals surface area contributed by atoms with Gasteiger partial charge in [0, 0.05) is 49.9 Å². The summed E-state index contributed by atoms with van der Waals surface area (Å²) in [4.78, 5) is 15.5. The van der Waals surface area contributed by atoms with E-state index in [2.05, 4.69) is 5.32 Å². The molecule has 0 unspecified atom stereocenters. The monoisotopic (exact) mass is 440 g/mol. The van der Waals surface area contributed by atoms with E-state index in [1.54, 1.807) is 27.4 Å². The summed E-state index contributed by atoms with van der Waals surface area (Å²) in [5, 5.41) is 2.93. The van der Waals surface area contributed by atoms with Gasteiger partial charge in [-0.05, 0) is 37.3 Å². The zero-order valence-corrected chi connectivity index (χ0v) is 19.0. The van der Waals surface area contributed by atoms with Gasteiger partial charge in [-0.15, -0.1) is 11.8 Å². The molecule has 1 aliphatic heterocycles. The molecule has 9 heteroatoms. The van der Waals surface area contributed by atoms with Crippen LogP contribution in [0.4, 0.5) is 5.69 Å². The average Bonchev–Trinajstić information content (AvgIpc) is 2.74. The first-order chi connectivity index (χ1) is 13.9. The van der Waals surface area contributed by atoms with Gasteiger partial charge in [-0.3, -0.25) is 9.69 Å². The number of nitrogens with one attached hydrogen (secondary N) is 1. The zero-order valence-electron chi connectivity index (χ0n) is 17.3. The molecule has 0 atom stereocenters. The molecular weight excluding hydrogens is 408 g/mol. The van der Waals surface area contributed by atoms with Crippen molar-refractivity contribution in [3.8, 4) is 0 Å². The topological polar surface area (TPSA) is 73.0 Å². The third kappa shape index (κ3) is 5.95. The van der Waals surface area contributed by atoms with Crippen molar-refractivity contribution >= 4 is 33.6 Å². The highest BCUT2D eigenvalue weighted by atomic mass is 32.2. The molecule has 0 spiro atoms. The van der Waals surface area contributed by atoms with Crippen LogP contribution in [-0.4, -0.2) is 79.9 Å². The molecule has 29 heavy (non-hydrogen) atoms. The van der Waals surface area contributed by atoms with Crippen LogP contribution in [0, 0.1) is 0 Å². The van der Waals surface area contributed by atoms with Crippen molar-refractivity contribution in [2.24, 2.45) is 0 Å². The Morgan fingerprint density at radius 1 is 1.17 bits per heavy atom. The summed E-state index contributed by atoms with van der Waals surface area (Å²) < 4.78 is 29.1. The smallest absolute Gasteiger partial charge is 0.282 e. The third-order valence-corrected chi connectivity index (χ3v) is 8.60. The molecule has 1 aliphatic carbocycles. The minimum Gasteiger partial charge on any atom is -0.325 e. The number of carbonyl (C=O) groups is 1. The molecule has 7 nitrogen and oxygen atoms in total. The van der Waals surface area contributed by atoms with E-state index in [1.165, 1.54) is 6.42 Å². The van der Waals surface area contributed by atoms with Crippen molar-refractivity contribution < 1.29 is 13.2 Å². The van der Waals surface area contributed by atoms with Crippen LogP contribution in [0.5, 0.6) is 0 Å². The molecule has 2 fully saturated rings. The normalized spacial score (nSPS) is 20.1. The van der Waals surface area contributed by atoms with Crippen molar-refractivity contribution in [2.45, 2.75) is 43.0 Å². The minimum atomic E-state index is -3.43. The highest BCUT2D eigenvalue weighted by Gasteiger charge is 2.34. The van der Waals surface area contributed by atoms with E-state index in [0.717, 1.165) is 36.3 Å². The summed E-state index contributed by atoms with van der Waals surface area (Å²) in [5.74, 6) is -0.0705. The molecule has 1 N–H and O–H groups in total. The average molecular weight is 441 g/mol. The maximum atomic E-state index is 13.0. The Kier molecular flexibility index (Phi) is 7.98. The number of anilines is 1. The molecule has 1 aromatic rings. The van der Waals surface area contributed by atoms with Gasteiger partial charge in [0.15, 0.2) is 0 Å². The summed E-state index contributed by atoms with van der Waals surface area (Å²) in [7, 11) is -1.72. The zero-order chi connectivity index (χ0) is 20.9. The summed E-state index contributed by atoms with van der Waals surface area (Å²) in [5.41, 5.74) is 0.789. The molecular formula is C20H32N4O3S2. The second-order valence-corrected chi connectivity index (χ2v) is 10.6. The van der Waals surface area contributed by atoms with Gasteiger partial charge < -0.3 is 5.32 Å². The van der Waals surface area contributed by atoms with Crippen LogP contribution in [0.3, 0.4) is 0 Å². The molecule has 1 amide bonds. The summed E-state index contributed by atoms with van der Waals surface area (Å²) >= 11 is 1.63. The molecule has 0 bridgehead atoms. The van der Waals surface area contributed by atoms with Gasteiger partial charge in [0.25, 0.3) is 10.2 Å². The lowest BCUT2D eigenvalue weighted by atomic mass is 9.96. The van der Waals surface area contributed by atoms with Gasteiger partial charge in [0.05, 0.1) is 6.54 Å². The van der Waals surface area contributed by atoms with E-state index in [0.29, 0.717) is 26.2 Å². The summed E-state index contributed by atoms with van der Waals surface area (Å²) in [6.07, 6.45) is 7.31. The first-order valence-electron chi connectivity index (χ1n) is 10.3. The number of benzene rings is 1. The van der Waals surface area contributed by atoms with Crippen molar-refractivity contribution in [3.05, 3.63) is 24.3 Å².